The summed E-state index contributed by atoms with van der Waals surface area (Å²) in [6, 6.07) is 0. The summed E-state index contributed by atoms with van der Waals surface area (Å²) in [7, 11) is 0. The maximum atomic E-state index is 3.49. The van der Waals surface area contributed by atoms with E-state index in [1.54, 1.807) is 5.57 Å². The van der Waals surface area contributed by atoms with Crippen LogP contribution in [0.5, 0.6) is 0 Å². The van der Waals surface area contributed by atoms with Crippen LogP contribution in [0.1, 0.15) is 12.8 Å². The highest BCUT2D eigenvalue weighted by Crippen LogP contribution is 2.36. The molecule has 0 radical (unpaired) electrons. The van der Waals surface area contributed by atoms with Gasteiger partial charge in [0.25, 0.3) is 0 Å². The van der Waals surface area contributed by atoms with Gasteiger partial charge in [-0.3, -0.25) is 0 Å². The average Bonchev–Trinajstić information content (AvgIpc) is 2.61. The van der Waals surface area contributed by atoms with Crippen molar-refractivity contribution in [2.75, 3.05) is 19.6 Å². The molecule has 2 heterocycles. The van der Waals surface area contributed by atoms with Gasteiger partial charge >= 0.3 is 0 Å². The molecule has 2 aliphatic heterocycles. The highest BCUT2D eigenvalue weighted by molar-refractivity contribution is 5.33. The molecule has 1 aliphatic carbocycles. The van der Waals surface area contributed by atoms with Gasteiger partial charge in [-0.15, -0.1) is 0 Å². The molecule has 13 heavy (non-hydrogen) atoms. The van der Waals surface area contributed by atoms with Gasteiger partial charge in [-0.05, 0) is 30.4 Å². The van der Waals surface area contributed by atoms with E-state index in [9.17, 15) is 0 Å². The Kier molecular flexibility index (Phi) is 1.69. The van der Waals surface area contributed by atoms with Crippen molar-refractivity contribution in [3.8, 4) is 0 Å². The van der Waals surface area contributed by atoms with Crippen molar-refractivity contribution in [3.63, 3.8) is 0 Å². The third kappa shape index (κ3) is 1.20. The number of nitrogens with one attached hydrogen (secondary N) is 2. The van der Waals surface area contributed by atoms with Gasteiger partial charge in [0, 0.05) is 31.2 Å². The van der Waals surface area contributed by atoms with Gasteiger partial charge in [-0.25, -0.2) is 0 Å². The van der Waals surface area contributed by atoms with E-state index in [1.165, 1.54) is 31.6 Å². The van der Waals surface area contributed by atoms with Crippen LogP contribution < -0.4 is 10.6 Å². The molecule has 2 heteroatoms. The fraction of sp³-hybridized carbons (Fsp3) is 0.636. The molecule has 0 saturated carbocycles. The molecule has 0 aromatic carbocycles. The van der Waals surface area contributed by atoms with Crippen LogP contribution in [0.3, 0.4) is 0 Å². The van der Waals surface area contributed by atoms with Crippen LogP contribution in [0, 0.1) is 11.8 Å². The predicted octanol–water partition coefficient (Wildman–Crippen LogP) is 1.03. The summed E-state index contributed by atoms with van der Waals surface area (Å²) in [5, 5.41) is 6.93. The molecule has 0 bridgehead atoms. The van der Waals surface area contributed by atoms with Crippen LogP contribution in [0.25, 0.3) is 0 Å². The molecule has 2 atom stereocenters. The number of allylic oxidation sites excluding steroid dienone is 2. The molecular weight excluding hydrogens is 160 g/mol. The predicted molar refractivity (Wildman–Crippen MR) is 53.3 cm³/mol. The normalized spacial score (nSPS) is 36.9. The minimum Gasteiger partial charge on any atom is -0.388 e. The Bertz CT molecular complexity index is 278. The summed E-state index contributed by atoms with van der Waals surface area (Å²) < 4.78 is 0. The van der Waals surface area contributed by atoms with Gasteiger partial charge in [0.1, 0.15) is 0 Å². The summed E-state index contributed by atoms with van der Waals surface area (Å²) in [5.41, 5.74) is 3.07. The SMILES string of the molecule is C1=C2C=C3NCCC3CC2CNC1. The van der Waals surface area contributed by atoms with Crippen molar-refractivity contribution in [1.82, 2.24) is 10.6 Å². The highest BCUT2D eigenvalue weighted by Gasteiger charge is 2.30. The third-order valence-electron chi connectivity index (χ3n) is 3.50. The smallest absolute Gasteiger partial charge is 0.0150 e. The molecule has 0 aromatic rings. The number of rotatable bonds is 0. The van der Waals surface area contributed by atoms with Gasteiger partial charge in [-0.1, -0.05) is 6.08 Å². The summed E-state index contributed by atoms with van der Waals surface area (Å²) in [6.45, 7) is 3.43. The monoisotopic (exact) mass is 176 g/mol. The molecule has 0 spiro atoms. The minimum atomic E-state index is 0.794. The van der Waals surface area contributed by atoms with E-state index in [2.05, 4.69) is 22.8 Å². The highest BCUT2D eigenvalue weighted by atomic mass is 14.9. The summed E-state index contributed by atoms with van der Waals surface area (Å²) >= 11 is 0. The van der Waals surface area contributed by atoms with E-state index < -0.39 is 0 Å². The maximum Gasteiger partial charge on any atom is 0.0150 e. The number of hydrogen-bond donors (Lipinski definition) is 2. The van der Waals surface area contributed by atoms with Crippen molar-refractivity contribution in [1.29, 1.82) is 0 Å². The summed E-state index contributed by atoms with van der Waals surface area (Å²) in [4.78, 5) is 0. The zero-order valence-corrected chi connectivity index (χ0v) is 7.84. The molecule has 3 rings (SSSR count). The summed E-state index contributed by atoms with van der Waals surface area (Å²) in [6.07, 6.45) is 7.44. The molecule has 1 saturated heterocycles. The lowest BCUT2D eigenvalue weighted by Crippen LogP contribution is -2.32. The van der Waals surface area contributed by atoms with E-state index in [-0.39, 0.29) is 0 Å². The zero-order valence-electron chi connectivity index (χ0n) is 7.84. The van der Waals surface area contributed by atoms with Crippen LogP contribution in [-0.2, 0) is 0 Å². The van der Waals surface area contributed by atoms with Gasteiger partial charge in [0.2, 0.25) is 0 Å². The van der Waals surface area contributed by atoms with Gasteiger partial charge in [-0.2, -0.15) is 0 Å². The standard InChI is InChI=1S/C11H16N2/c1-3-12-7-10-5-9-2-4-13-11(9)6-8(1)10/h1,6,9-10,12-13H,2-5,7H2. The molecule has 0 amide bonds. The van der Waals surface area contributed by atoms with E-state index in [1.807, 2.05) is 0 Å². The fourth-order valence-corrected chi connectivity index (χ4v) is 2.76. The fourth-order valence-electron chi connectivity index (χ4n) is 2.76. The lowest BCUT2D eigenvalue weighted by atomic mass is 9.80. The Hall–Kier alpha value is -0.760. The molecule has 70 valence electrons. The van der Waals surface area contributed by atoms with Crippen molar-refractivity contribution in [2.45, 2.75) is 12.8 Å². The lowest BCUT2D eigenvalue weighted by molar-refractivity contribution is 0.416. The molecule has 2 unspecified atom stereocenters. The van der Waals surface area contributed by atoms with Crippen LogP contribution in [-0.4, -0.2) is 19.6 Å². The van der Waals surface area contributed by atoms with Crippen molar-refractivity contribution < 1.29 is 0 Å². The van der Waals surface area contributed by atoms with Crippen LogP contribution >= 0.6 is 0 Å². The van der Waals surface area contributed by atoms with Gasteiger partial charge < -0.3 is 10.6 Å². The largest absolute Gasteiger partial charge is 0.388 e. The Morgan fingerprint density at radius 3 is 3.31 bits per heavy atom. The summed E-state index contributed by atoms with van der Waals surface area (Å²) in [5.74, 6) is 1.63. The van der Waals surface area contributed by atoms with Crippen molar-refractivity contribution in [2.24, 2.45) is 11.8 Å². The zero-order chi connectivity index (χ0) is 8.67. The van der Waals surface area contributed by atoms with Crippen LogP contribution in [0.2, 0.25) is 0 Å². The first-order valence-corrected chi connectivity index (χ1v) is 5.30. The van der Waals surface area contributed by atoms with Gasteiger partial charge in [0.15, 0.2) is 0 Å². The Labute approximate surface area is 79.1 Å². The third-order valence-corrected chi connectivity index (χ3v) is 3.50. The molecular formula is C11H16N2. The van der Waals surface area contributed by atoms with E-state index >= 15 is 0 Å². The van der Waals surface area contributed by atoms with E-state index in [0.717, 1.165) is 18.4 Å². The lowest BCUT2D eigenvalue weighted by Gasteiger charge is -2.30. The molecule has 3 aliphatic rings. The number of fused-ring (bicyclic) bond motifs is 2. The molecule has 2 nitrogen and oxygen atoms in total. The molecule has 1 fully saturated rings. The Morgan fingerprint density at radius 2 is 2.31 bits per heavy atom. The van der Waals surface area contributed by atoms with E-state index in [0.29, 0.717) is 0 Å². The average molecular weight is 176 g/mol. The Balaban J connectivity index is 1.94. The molecule has 0 aromatic heterocycles. The number of hydrogen-bond acceptors (Lipinski definition) is 2. The van der Waals surface area contributed by atoms with E-state index in [4.69, 9.17) is 0 Å². The van der Waals surface area contributed by atoms with Gasteiger partial charge in [0.05, 0.1) is 0 Å². The van der Waals surface area contributed by atoms with Crippen LogP contribution in [0.4, 0.5) is 0 Å². The second kappa shape index (κ2) is 2.88. The quantitative estimate of drug-likeness (QED) is 0.576. The first-order valence-electron chi connectivity index (χ1n) is 5.30. The topological polar surface area (TPSA) is 24.1 Å². The first kappa shape index (κ1) is 7.63. The molecule has 2 N–H and O–H groups in total. The minimum absolute atomic E-state index is 0.794. The van der Waals surface area contributed by atoms with Crippen molar-refractivity contribution in [3.05, 3.63) is 23.4 Å². The van der Waals surface area contributed by atoms with Crippen molar-refractivity contribution >= 4 is 0 Å². The second-order valence-electron chi connectivity index (χ2n) is 4.31. The Morgan fingerprint density at radius 1 is 1.31 bits per heavy atom. The van der Waals surface area contributed by atoms with Crippen LogP contribution in [0.15, 0.2) is 23.4 Å². The maximum absolute atomic E-state index is 3.49. The first-order chi connectivity index (χ1) is 6.43. The second-order valence-corrected chi connectivity index (χ2v) is 4.31.